The molecule has 0 radical (unpaired) electrons. The van der Waals surface area contributed by atoms with Gasteiger partial charge in [-0.2, -0.15) is 8.42 Å². The molecule has 0 bridgehead atoms. The fourth-order valence-electron chi connectivity index (χ4n) is 2.83. The average molecular weight is 486 g/mol. The number of unbranched alkanes of at least 4 members (excludes halogenated alkanes) is 8. The van der Waals surface area contributed by atoms with Gasteiger partial charge in [0.25, 0.3) is 10.1 Å². The number of carboxylic acid groups (broad SMARTS) is 2. The third kappa shape index (κ3) is 19.0. The van der Waals surface area contributed by atoms with Crippen molar-refractivity contribution >= 4 is 28.0 Å². The first-order valence-electron chi connectivity index (χ1n) is 10.9. The number of hydrogen-bond donors (Lipinski definition) is 5. The van der Waals surface area contributed by atoms with E-state index in [1.807, 2.05) is 0 Å². The lowest BCUT2D eigenvalue weighted by Crippen LogP contribution is -2.35. The summed E-state index contributed by atoms with van der Waals surface area (Å²) in [4.78, 5) is 33.4. The monoisotopic (exact) mass is 485 g/mol. The van der Waals surface area contributed by atoms with Crippen molar-refractivity contribution < 1.29 is 47.8 Å². The molecule has 0 aliphatic carbocycles. The number of aliphatic hydroxyl groups excluding tert-OH is 2. The zero-order chi connectivity index (χ0) is 25.0. The molecule has 5 N–H and O–H groups in total. The van der Waals surface area contributed by atoms with E-state index in [2.05, 4.69) is 6.92 Å². The summed E-state index contributed by atoms with van der Waals surface area (Å²) in [6, 6.07) is 0. The molecule has 1 amide bonds. The summed E-state index contributed by atoms with van der Waals surface area (Å²) in [5.41, 5.74) is 0. The largest absolute Gasteiger partial charge is 0.481 e. The highest BCUT2D eigenvalue weighted by atomic mass is 32.2. The van der Waals surface area contributed by atoms with Gasteiger partial charge in [-0.15, -0.1) is 0 Å². The Labute approximate surface area is 190 Å². The molecule has 11 nitrogen and oxygen atoms in total. The van der Waals surface area contributed by atoms with Crippen LogP contribution in [0, 0.1) is 0 Å². The van der Waals surface area contributed by atoms with Crippen LogP contribution in [0.5, 0.6) is 0 Å². The molecule has 0 spiro atoms. The fourth-order valence-corrected chi connectivity index (χ4v) is 3.43. The van der Waals surface area contributed by atoms with Gasteiger partial charge in [0.1, 0.15) is 0 Å². The number of nitrogens with zero attached hydrogens (tertiary/aromatic N) is 1. The molecule has 0 aromatic rings. The molecular weight excluding hydrogens is 446 g/mol. The quantitative estimate of drug-likeness (QED) is 0.140. The summed E-state index contributed by atoms with van der Waals surface area (Å²) < 4.78 is 28.7. The lowest BCUT2D eigenvalue weighted by Gasteiger charge is -2.20. The summed E-state index contributed by atoms with van der Waals surface area (Å²) in [5, 5.41) is 31.7. The fraction of sp³-hybridized carbons (Fsp3) is 0.850. The Balaban J connectivity index is 0. The maximum atomic E-state index is 11.8. The van der Waals surface area contributed by atoms with Crippen LogP contribution in [0.15, 0.2) is 0 Å². The molecule has 0 rings (SSSR count). The molecular formula is C20H39NO10S. The van der Waals surface area contributed by atoms with Gasteiger partial charge in [-0.1, -0.05) is 58.3 Å². The minimum atomic E-state index is -4.84. The second-order valence-electron chi connectivity index (χ2n) is 7.35. The van der Waals surface area contributed by atoms with Crippen LogP contribution < -0.4 is 0 Å². The van der Waals surface area contributed by atoms with Crippen LogP contribution in [0.3, 0.4) is 0 Å². The third-order valence-electron chi connectivity index (χ3n) is 4.58. The first kappa shape index (κ1) is 32.4. The van der Waals surface area contributed by atoms with Crippen molar-refractivity contribution in [1.82, 2.24) is 4.90 Å². The highest BCUT2D eigenvalue weighted by Crippen LogP contribution is 2.11. The molecule has 0 aliphatic heterocycles. The van der Waals surface area contributed by atoms with Crippen LogP contribution in [0.2, 0.25) is 0 Å². The number of aliphatic carboxylic acids is 2. The molecule has 0 aromatic heterocycles. The van der Waals surface area contributed by atoms with Crippen LogP contribution in [0.25, 0.3) is 0 Å². The Morgan fingerprint density at radius 2 is 1.25 bits per heavy atom. The van der Waals surface area contributed by atoms with E-state index in [4.69, 9.17) is 25.0 Å². The minimum Gasteiger partial charge on any atom is -0.481 e. The van der Waals surface area contributed by atoms with E-state index in [1.54, 1.807) is 4.90 Å². The minimum absolute atomic E-state index is 0.0382. The normalized spacial score (nSPS) is 11.9. The summed E-state index contributed by atoms with van der Waals surface area (Å²) in [5.74, 6) is -3.45. The number of carbonyl (C=O) groups excluding carboxylic acids is 1. The van der Waals surface area contributed by atoms with Gasteiger partial charge in [0.2, 0.25) is 5.91 Å². The third-order valence-corrected chi connectivity index (χ3v) is 5.67. The standard InChI is InChI=1S/C16H33NO3.C4H6O7S/c1-2-3-4-5-6-7-8-9-10-11-16(20)17(12-14-18)13-15-19;5-3(6)1-2(4(7)8)12(9,10)11/h18-19H,2-15H2,1H3;2H,1H2,(H,5,6)(H,7,8)(H,9,10,11). The number of amides is 1. The molecule has 0 aliphatic rings. The molecule has 0 saturated carbocycles. The van der Waals surface area contributed by atoms with Crippen molar-refractivity contribution in [2.45, 2.75) is 82.8 Å². The van der Waals surface area contributed by atoms with E-state index in [-0.39, 0.29) is 19.1 Å². The number of rotatable bonds is 18. The molecule has 12 heteroatoms. The highest BCUT2D eigenvalue weighted by molar-refractivity contribution is 7.87. The Kier molecular flexibility index (Phi) is 20.2. The van der Waals surface area contributed by atoms with E-state index in [0.29, 0.717) is 19.5 Å². The molecule has 32 heavy (non-hydrogen) atoms. The van der Waals surface area contributed by atoms with Gasteiger partial charge in [-0.05, 0) is 6.42 Å². The zero-order valence-electron chi connectivity index (χ0n) is 18.8. The van der Waals surface area contributed by atoms with Crippen molar-refractivity contribution in [3.8, 4) is 0 Å². The topological polar surface area (TPSA) is 190 Å². The van der Waals surface area contributed by atoms with Crippen molar-refractivity contribution in [3.05, 3.63) is 0 Å². The summed E-state index contributed by atoms with van der Waals surface area (Å²) >= 11 is 0. The highest BCUT2D eigenvalue weighted by Gasteiger charge is 2.33. The maximum absolute atomic E-state index is 11.8. The molecule has 190 valence electrons. The van der Waals surface area contributed by atoms with Crippen LogP contribution in [-0.4, -0.2) is 87.7 Å². The number of carboxylic acids is 2. The SMILES string of the molecule is CCCCCCCCCCCC(=O)N(CCO)CCO.O=C(O)CC(C(=O)O)S(=O)(=O)O. The molecule has 0 saturated heterocycles. The van der Waals surface area contributed by atoms with Gasteiger partial charge in [0, 0.05) is 19.5 Å². The summed E-state index contributed by atoms with van der Waals surface area (Å²) in [6.07, 6.45) is 10.5. The predicted octanol–water partition coefficient (Wildman–Crippen LogP) is 1.52. The van der Waals surface area contributed by atoms with Crippen LogP contribution in [0.4, 0.5) is 0 Å². The molecule has 0 heterocycles. The Bertz CT molecular complexity index is 618. The smallest absolute Gasteiger partial charge is 0.325 e. The van der Waals surface area contributed by atoms with Gasteiger partial charge in [0.05, 0.1) is 19.6 Å². The number of hydrogen-bond acceptors (Lipinski definition) is 7. The van der Waals surface area contributed by atoms with E-state index < -0.39 is 33.7 Å². The van der Waals surface area contributed by atoms with Gasteiger partial charge < -0.3 is 25.3 Å². The Hall–Kier alpha value is -1.76. The lowest BCUT2D eigenvalue weighted by atomic mass is 10.1. The first-order chi connectivity index (χ1) is 15.0. The Morgan fingerprint density at radius 1 is 0.812 bits per heavy atom. The molecule has 0 aromatic carbocycles. The van der Waals surface area contributed by atoms with Crippen LogP contribution in [-0.2, 0) is 24.5 Å². The van der Waals surface area contributed by atoms with Crippen molar-refractivity contribution in [1.29, 1.82) is 0 Å². The molecule has 1 atom stereocenters. The van der Waals surface area contributed by atoms with Crippen molar-refractivity contribution in [2.75, 3.05) is 26.3 Å². The molecule has 1 unspecified atom stereocenters. The summed E-state index contributed by atoms with van der Waals surface area (Å²) in [7, 11) is -4.84. The zero-order valence-corrected chi connectivity index (χ0v) is 19.6. The van der Waals surface area contributed by atoms with E-state index in [0.717, 1.165) is 12.8 Å². The Morgan fingerprint density at radius 3 is 1.56 bits per heavy atom. The van der Waals surface area contributed by atoms with E-state index in [1.165, 1.54) is 44.9 Å². The maximum Gasteiger partial charge on any atom is 0.325 e. The van der Waals surface area contributed by atoms with Crippen LogP contribution >= 0.6 is 0 Å². The average Bonchev–Trinajstić information content (AvgIpc) is 2.70. The van der Waals surface area contributed by atoms with Crippen LogP contribution in [0.1, 0.15) is 77.6 Å². The predicted molar refractivity (Wildman–Crippen MR) is 118 cm³/mol. The van der Waals surface area contributed by atoms with E-state index in [9.17, 15) is 22.8 Å². The van der Waals surface area contributed by atoms with Crippen molar-refractivity contribution in [2.24, 2.45) is 0 Å². The van der Waals surface area contributed by atoms with Gasteiger partial charge in [0.15, 0.2) is 5.25 Å². The van der Waals surface area contributed by atoms with Gasteiger partial charge in [-0.3, -0.25) is 18.9 Å². The lowest BCUT2D eigenvalue weighted by molar-refractivity contribution is -0.143. The first-order valence-corrected chi connectivity index (χ1v) is 12.4. The second-order valence-corrected chi connectivity index (χ2v) is 8.95. The number of carbonyl (C=O) groups is 3. The van der Waals surface area contributed by atoms with E-state index >= 15 is 0 Å². The summed E-state index contributed by atoms with van der Waals surface area (Å²) in [6.45, 7) is 2.81. The van der Waals surface area contributed by atoms with Crippen molar-refractivity contribution in [3.63, 3.8) is 0 Å². The van der Waals surface area contributed by atoms with Gasteiger partial charge in [-0.25, -0.2) is 0 Å². The van der Waals surface area contributed by atoms with Gasteiger partial charge >= 0.3 is 11.9 Å². The number of aliphatic hydroxyl groups is 2. The second kappa shape index (κ2) is 19.9. The molecule has 0 fully saturated rings.